The first-order chi connectivity index (χ1) is 19.8. The normalized spacial score (nSPS) is 13.3. The first-order valence-electron chi connectivity index (χ1n) is 13.3. The fraction of sp³-hybridized carbons (Fsp3) is 0. The molecule has 0 fully saturated rings. The minimum atomic E-state index is 0.782. The molecule has 0 radical (unpaired) electrons. The fourth-order valence-corrected chi connectivity index (χ4v) is 6.08. The molecule has 40 heavy (non-hydrogen) atoms. The summed E-state index contributed by atoms with van der Waals surface area (Å²) in [4.78, 5) is 9.67. The molecule has 188 valence electrons. The molecule has 6 nitrogen and oxygen atoms in total. The quantitative estimate of drug-likeness (QED) is 0.318. The molecule has 0 bridgehead atoms. The second-order valence-electron chi connectivity index (χ2n) is 10.1. The summed E-state index contributed by atoms with van der Waals surface area (Å²) in [5.74, 6) is 0.836. The number of para-hydroxylation sites is 2. The van der Waals surface area contributed by atoms with Crippen LogP contribution in [0.3, 0.4) is 0 Å². The summed E-state index contributed by atoms with van der Waals surface area (Å²) in [5.41, 5.74) is 12.8. The van der Waals surface area contributed by atoms with Crippen molar-refractivity contribution in [3.63, 3.8) is 0 Å². The zero-order valence-electron chi connectivity index (χ0n) is 21.2. The van der Waals surface area contributed by atoms with Crippen LogP contribution in [0.2, 0.25) is 0 Å². The molecule has 0 amide bonds. The van der Waals surface area contributed by atoms with E-state index in [-0.39, 0.29) is 0 Å². The van der Waals surface area contributed by atoms with Crippen LogP contribution in [-0.2, 0) is 0 Å². The Morgan fingerprint density at radius 3 is 2.17 bits per heavy atom. The molecule has 4 heterocycles. The third kappa shape index (κ3) is 2.93. The molecule has 1 aliphatic rings. The lowest BCUT2D eigenvalue weighted by Crippen LogP contribution is -2.51. The zero-order valence-corrected chi connectivity index (χ0v) is 21.2. The Morgan fingerprint density at radius 2 is 1.27 bits per heavy atom. The van der Waals surface area contributed by atoms with E-state index in [2.05, 4.69) is 94.3 Å². The van der Waals surface area contributed by atoms with Gasteiger partial charge in [-0.15, -0.1) is 0 Å². The van der Waals surface area contributed by atoms with Crippen molar-refractivity contribution in [2.24, 2.45) is 0 Å². The van der Waals surface area contributed by atoms with E-state index in [4.69, 9.17) is 14.4 Å². The van der Waals surface area contributed by atoms with Crippen molar-refractivity contribution in [2.75, 3.05) is 0 Å². The van der Waals surface area contributed by atoms with Gasteiger partial charge in [0.05, 0.1) is 16.7 Å². The summed E-state index contributed by atoms with van der Waals surface area (Å²) in [7, 11) is 0. The van der Waals surface area contributed by atoms with Crippen molar-refractivity contribution < 1.29 is 4.42 Å². The summed E-state index contributed by atoms with van der Waals surface area (Å²) in [6.45, 7) is 0. The number of hydrazine groups is 1. The van der Waals surface area contributed by atoms with Gasteiger partial charge < -0.3 is 4.42 Å². The van der Waals surface area contributed by atoms with Gasteiger partial charge in [0.25, 0.3) is 0 Å². The summed E-state index contributed by atoms with van der Waals surface area (Å²) in [6, 6.07) is 35.9. The van der Waals surface area contributed by atoms with Crippen molar-refractivity contribution in [3.05, 3.63) is 132 Å². The second-order valence-corrected chi connectivity index (χ2v) is 10.1. The summed E-state index contributed by atoms with van der Waals surface area (Å²) in [6.07, 6.45) is 3.49. The number of aromatic nitrogens is 3. The lowest BCUT2D eigenvalue weighted by molar-refractivity contribution is 0.669. The highest BCUT2D eigenvalue weighted by molar-refractivity contribution is 6.14. The van der Waals surface area contributed by atoms with Gasteiger partial charge in [0, 0.05) is 39.5 Å². The monoisotopic (exact) mass is 515 g/mol. The standard InChI is InChI=1S/C34H21N5O/c1-2-8-21-19-28-25(17-20(21)7-1)23-9-3-5-11-27(23)39(28)34-33-32(35-15-16-36-33)31(37-38-34)22-13-14-30-26(18-22)24-10-4-6-12-29(24)40-30/h1-19,37-38H. The van der Waals surface area contributed by atoms with E-state index < -0.39 is 0 Å². The van der Waals surface area contributed by atoms with E-state index in [0.717, 1.165) is 60.8 Å². The maximum atomic E-state index is 6.06. The smallest absolute Gasteiger partial charge is 0.158 e. The van der Waals surface area contributed by atoms with Crippen LogP contribution >= 0.6 is 0 Å². The lowest BCUT2D eigenvalue weighted by atomic mass is 10.1. The maximum absolute atomic E-state index is 6.06. The number of nitrogens with zero attached hydrogens (tertiary/aromatic N) is 3. The molecule has 5 aromatic carbocycles. The fourth-order valence-electron chi connectivity index (χ4n) is 6.08. The molecular weight excluding hydrogens is 494 g/mol. The van der Waals surface area contributed by atoms with Gasteiger partial charge in [-0.2, -0.15) is 0 Å². The molecular formula is C34H21N5O. The van der Waals surface area contributed by atoms with Crippen molar-refractivity contribution >= 4 is 66.0 Å². The van der Waals surface area contributed by atoms with Crippen LogP contribution in [-0.4, -0.2) is 14.5 Å². The van der Waals surface area contributed by atoms with Crippen molar-refractivity contribution in [3.8, 4) is 0 Å². The number of fused-ring (bicyclic) bond motifs is 8. The number of nitrogens with one attached hydrogen (secondary N) is 2. The van der Waals surface area contributed by atoms with Crippen LogP contribution in [0.4, 0.5) is 0 Å². The number of furan rings is 1. The summed E-state index contributed by atoms with van der Waals surface area (Å²) < 4.78 is 8.31. The topological polar surface area (TPSA) is 67.9 Å². The van der Waals surface area contributed by atoms with Crippen LogP contribution < -0.4 is 21.5 Å². The van der Waals surface area contributed by atoms with E-state index in [1.807, 2.05) is 24.3 Å². The maximum Gasteiger partial charge on any atom is 0.158 e. The number of rotatable bonds is 2. The number of hydrogen-bond acceptors (Lipinski definition) is 5. The molecule has 0 atom stereocenters. The molecule has 1 aliphatic heterocycles. The van der Waals surface area contributed by atoms with Gasteiger partial charge in [-0.05, 0) is 53.2 Å². The molecule has 2 N–H and O–H groups in total. The van der Waals surface area contributed by atoms with E-state index in [9.17, 15) is 0 Å². The van der Waals surface area contributed by atoms with E-state index >= 15 is 0 Å². The van der Waals surface area contributed by atoms with E-state index in [1.54, 1.807) is 12.4 Å². The van der Waals surface area contributed by atoms with Gasteiger partial charge in [-0.1, -0.05) is 60.7 Å². The summed E-state index contributed by atoms with van der Waals surface area (Å²) in [5, 5.41) is 8.52. The van der Waals surface area contributed by atoms with Gasteiger partial charge in [-0.3, -0.25) is 20.4 Å². The molecule has 0 unspecified atom stereocenters. The van der Waals surface area contributed by atoms with E-state index in [0.29, 0.717) is 0 Å². The molecule has 0 saturated heterocycles. The number of benzene rings is 5. The first kappa shape index (κ1) is 21.3. The van der Waals surface area contributed by atoms with E-state index in [1.165, 1.54) is 21.5 Å². The van der Waals surface area contributed by atoms with Crippen LogP contribution in [0.25, 0.3) is 66.0 Å². The number of hydrogen-bond donors (Lipinski definition) is 2. The van der Waals surface area contributed by atoms with Crippen LogP contribution in [0.1, 0.15) is 5.56 Å². The van der Waals surface area contributed by atoms with Gasteiger partial charge in [0.2, 0.25) is 0 Å². The third-order valence-corrected chi connectivity index (χ3v) is 7.89. The van der Waals surface area contributed by atoms with Gasteiger partial charge in [-0.25, -0.2) is 4.98 Å². The highest BCUT2D eigenvalue weighted by atomic mass is 16.3. The van der Waals surface area contributed by atoms with Gasteiger partial charge >= 0.3 is 0 Å². The minimum absolute atomic E-state index is 0.782. The Labute approximate surface area is 227 Å². The Kier molecular flexibility index (Phi) is 4.24. The second kappa shape index (κ2) is 7.94. The molecule has 3 aromatic heterocycles. The van der Waals surface area contributed by atoms with Crippen molar-refractivity contribution in [1.82, 2.24) is 25.4 Å². The Morgan fingerprint density at radius 1 is 0.550 bits per heavy atom. The highest BCUT2D eigenvalue weighted by Crippen LogP contribution is 2.34. The summed E-state index contributed by atoms with van der Waals surface area (Å²) >= 11 is 0. The Bertz CT molecular complexity index is 2450. The minimum Gasteiger partial charge on any atom is -0.456 e. The van der Waals surface area contributed by atoms with Crippen LogP contribution in [0.15, 0.2) is 120 Å². The average molecular weight is 516 g/mol. The van der Waals surface area contributed by atoms with Crippen molar-refractivity contribution in [1.29, 1.82) is 0 Å². The largest absolute Gasteiger partial charge is 0.456 e. The van der Waals surface area contributed by atoms with Crippen molar-refractivity contribution in [2.45, 2.75) is 0 Å². The Balaban J connectivity index is 1.37. The zero-order chi connectivity index (χ0) is 26.2. The van der Waals surface area contributed by atoms with Gasteiger partial charge in [0.15, 0.2) is 5.82 Å². The predicted molar refractivity (Wildman–Crippen MR) is 160 cm³/mol. The van der Waals surface area contributed by atoms with Crippen LogP contribution in [0.5, 0.6) is 0 Å². The molecule has 0 spiro atoms. The van der Waals surface area contributed by atoms with Gasteiger partial charge in [0.1, 0.15) is 21.9 Å². The first-order valence-corrected chi connectivity index (χ1v) is 13.3. The third-order valence-electron chi connectivity index (χ3n) is 7.89. The molecule has 8 aromatic rings. The molecule has 0 aliphatic carbocycles. The predicted octanol–water partition coefficient (Wildman–Crippen LogP) is 5.52. The Hall–Kier alpha value is -5.62. The molecule has 6 heteroatoms. The average Bonchev–Trinajstić information content (AvgIpc) is 3.54. The highest BCUT2D eigenvalue weighted by Gasteiger charge is 2.21. The SMILES string of the molecule is c1ccc2cc3c(cc2c1)c1ccccc1n3C1=c2nccnc2=C(c2ccc3oc4ccccc4c3c2)NN1. The molecule has 9 rings (SSSR count). The molecule has 0 saturated carbocycles. The lowest BCUT2D eigenvalue weighted by Gasteiger charge is -2.22. The van der Waals surface area contributed by atoms with Crippen LogP contribution in [0, 0.1) is 0 Å².